The van der Waals surface area contributed by atoms with Crippen LogP contribution >= 0.6 is 22.9 Å². The molecule has 0 saturated heterocycles. The number of hydrogen-bond acceptors (Lipinski definition) is 6. The number of ether oxygens (including phenoxy) is 2. The minimum absolute atomic E-state index is 0.0648. The van der Waals surface area contributed by atoms with E-state index in [2.05, 4.69) is 15.0 Å². The van der Waals surface area contributed by atoms with Crippen molar-refractivity contribution in [1.29, 1.82) is 0 Å². The topological polar surface area (TPSA) is 77.5 Å². The van der Waals surface area contributed by atoms with Crippen LogP contribution < -0.4 is 10.1 Å². The summed E-state index contributed by atoms with van der Waals surface area (Å²) in [6, 6.07) is 3.57. The zero-order valence-corrected chi connectivity index (χ0v) is 12.8. The normalized spacial score (nSPS) is 10.1. The molecule has 2 rings (SSSR count). The molecule has 2 aromatic rings. The molecule has 0 radical (unpaired) electrons. The molecule has 0 unspecified atom stereocenters. The predicted molar refractivity (Wildman–Crippen MR) is 79.0 cm³/mol. The molecule has 1 N–H and O–H groups in total. The fourth-order valence-corrected chi connectivity index (χ4v) is 2.39. The van der Waals surface area contributed by atoms with Crippen LogP contribution in [0.15, 0.2) is 24.4 Å². The summed E-state index contributed by atoms with van der Waals surface area (Å²) in [5.41, 5.74) is 0. The lowest BCUT2D eigenvalue weighted by Gasteiger charge is -2.07. The van der Waals surface area contributed by atoms with Gasteiger partial charge < -0.3 is 9.47 Å². The van der Waals surface area contributed by atoms with Crippen molar-refractivity contribution in [3.05, 3.63) is 40.1 Å². The van der Waals surface area contributed by atoms with Crippen LogP contribution in [0.1, 0.15) is 9.67 Å². The maximum Gasteiger partial charge on any atom is 0.349 e. The highest BCUT2D eigenvalue weighted by Gasteiger charge is 2.13. The van der Waals surface area contributed by atoms with Gasteiger partial charge in [0.25, 0.3) is 5.91 Å². The van der Waals surface area contributed by atoms with Crippen molar-refractivity contribution in [2.45, 2.75) is 0 Å². The SMILES string of the molecule is COC(=O)c1cnc(NC(=O)COc2ccc(F)cc2Cl)s1. The second-order valence-corrected chi connectivity index (χ2v) is 5.37. The minimum atomic E-state index is -0.535. The summed E-state index contributed by atoms with van der Waals surface area (Å²) in [4.78, 5) is 27.1. The molecule has 0 aliphatic carbocycles. The van der Waals surface area contributed by atoms with E-state index >= 15 is 0 Å². The van der Waals surface area contributed by atoms with Crippen LogP contribution in [0, 0.1) is 5.82 Å². The third-order valence-electron chi connectivity index (χ3n) is 2.39. The van der Waals surface area contributed by atoms with E-state index in [-0.39, 0.29) is 27.4 Å². The molecule has 0 fully saturated rings. The highest BCUT2D eigenvalue weighted by molar-refractivity contribution is 7.17. The Morgan fingerprint density at radius 3 is 2.91 bits per heavy atom. The van der Waals surface area contributed by atoms with Gasteiger partial charge in [0.2, 0.25) is 0 Å². The Morgan fingerprint density at radius 1 is 1.45 bits per heavy atom. The second kappa shape index (κ2) is 7.19. The van der Waals surface area contributed by atoms with E-state index in [1.165, 1.54) is 25.4 Å². The highest BCUT2D eigenvalue weighted by atomic mass is 35.5. The van der Waals surface area contributed by atoms with Crippen molar-refractivity contribution >= 4 is 39.9 Å². The van der Waals surface area contributed by atoms with Gasteiger partial charge in [-0.25, -0.2) is 14.2 Å². The number of benzene rings is 1. The first-order valence-electron chi connectivity index (χ1n) is 5.91. The number of nitrogens with zero attached hydrogens (tertiary/aromatic N) is 1. The minimum Gasteiger partial charge on any atom is -0.482 e. The van der Waals surface area contributed by atoms with E-state index in [1.54, 1.807) is 0 Å². The molecular weight excluding hydrogens is 335 g/mol. The largest absolute Gasteiger partial charge is 0.482 e. The Hall–Kier alpha value is -2.19. The number of amides is 1. The quantitative estimate of drug-likeness (QED) is 0.844. The standard InChI is InChI=1S/C13H10ClFN2O4S/c1-20-12(19)10-5-16-13(22-10)17-11(18)6-21-9-3-2-7(15)4-8(9)14/h2-5H,6H2,1H3,(H,16,17,18). The molecule has 116 valence electrons. The number of halogens is 2. The summed E-state index contributed by atoms with van der Waals surface area (Å²) in [5.74, 6) is -1.34. The van der Waals surface area contributed by atoms with E-state index < -0.39 is 17.7 Å². The molecule has 6 nitrogen and oxygen atoms in total. The molecule has 1 aromatic carbocycles. The summed E-state index contributed by atoms with van der Waals surface area (Å²) in [6.07, 6.45) is 1.30. The molecule has 0 bridgehead atoms. The van der Waals surface area contributed by atoms with Gasteiger partial charge >= 0.3 is 5.97 Å². The van der Waals surface area contributed by atoms with E-state index in [1.807, 2.05) is 0 Å². The molecule has 9 heteroatoms. The lowest BCUT2D eigenvalue weighted by molar-refractivity contribution is -0.118. The van der Waals surface area contributed by atoms with Crippen molar-refractivity contribution in [2.75, 3.05) is 19.0 Å². The Bertz CT molecular complexity index is 707. The van der Waals surface area contributed by atoms with Gasteiger partial charge in [0.15, 0.2) is 11.7 Å². The maximum atomic E-state index is 12.9. The lowest BCUT2D eigenvalue weighted by atomic mass is 10.3. The van der Waals surface area contributed by atoms with Gasteiger partial charge in [-0.1, -0.05) is 22.9 Å². The first-order valence-corrected chi connectivity index (χ1v) is 7.11. The van der Waals surface area contributed by atoms with Crippen LogP contribution in [-0.4, -0.2) is 30.6 Å². The smallest absolute Gasteiger partial charge is 0.349 e. The molecular formula is C13H10ClFN2O4S. The van der Waals surface area contributed by atoms with Crippen LogP contribution in [0.2, 0.25) is 5.02 Å². The van der Waals surface area contributed by atoms with Crippen molar-refractivity contribution in [1.82, 2.24) is 4.98 Å². The number of carbonyl (C=O) groups excluding carboxylic acids is 2. The molecule has 1 aromatic heterocycles. The highest BCUT2D eigenvalue weighted by Crippen LogP contribution is 2.25. The summed E-state index contributed by atoms with van der Waals surface area (Å²) in [7, 11) is 1.25. The first-order chi connectivity index (χ1) is 10.5. The number of thiazole rings is 1. The molecule has 1 heterocycles. The van der Waals surface area contributed by atoms with Gasteiger partial charge in [0.1, 0.15) is 16.4 Å². The summed E-state index contributed by atoms with van der Waals surface area (Å²) < 4.78 is 22.6. The Morgan fingerprint density at radius 2 is 2.23 bits per heavy atom. The zero-order chi connectivity index (χ0) is 16.1. The molecule has 0 aliphatic heterocycles. The Labute approximate surface area is 133 Å². The molecule has 0 saturated carbocycles. The van der Waals surface area contributed by atoms with Gasteiger partial charge in [0.05, 0.1) is 18.3 Å². The van der Waals surface area contributed by atoms with E-state index in [4.69, 9.17) is 16.3 Å². The van der Waals surface area contributed by atoms with Crippen molar-refractivity contribution in [3.63, 3.8) is 0 Å². The van der Waals surface area contributed by atoms with Crippen LogP contribution in [0.5, 0.6) is 5.75 Å². The van der Waals surface area contributed by atoms with Crippen molar-refractivity contribution in [2.24, 2.45) is 0 Å². The van der Waals surface area contributed by atoms with Crippen LogP contribution in [0.25, 0.3) is 0 Å². The third kappa shape index (κ3) is 4.15. The number of hydrogen-bond donors (Lipinski definition) is 1. The monoisotopic (exact) mass is 344 g/mol. The summed E-state index contributed by atoms with van der Waals surface area (Å²) in [6.45, 7) is -0.335. The van der Waals surface area contributed by atoms with Gasteiger partial charge in [-0.15, -0.1) is 0 Å². The fourth-order valence-electron chi connectivity index (χ4n) is 1.42. The van der Waals surface area contributed by atoms with Crippen molar-refractivity contribution < 1.29 is 23.5 Å². The Balaban J connectivity index is 1.90. The number of aromatic nitrogens is 1. The average Bonchev–Trinajstić information content (AvgIpc) is 2.94. The molecule has 0 aliphatic rings. The van der Waals surface area contributed by atoms with Crippen LogP contribution in [0.3, 0.4) is 0 Å². The Kier molecular flexibility index (Phi) is 5.29. The average molecular weight is 345 g/mol. The molecule has 22 heavy (non-hydrogen) atoms. The summed E-state index contributed by atoms with van der Waals surface area (Å²) >= 11 is 6.74. The predicted octanol–water partition coefficient (Wildman–Crippen LogP) is 2.74. The summed E-state index contributed by atoms with van der Waals surface area (Å²) in [5, 5.41) is 2.76. The zero-order valence-electron chi connectivity index (χ0n) is 11.3. The number of esters is 1. The van der Waals surface area contributed by atoms with Crippen LogP contribution in [0.4, 0.5) is 9.52 Å². The lowest BCUT2D eigenvalue weighted by Crippen LogP contribution is -2.20. The first kappa shape index (κ1) is 16.2. The van der Waals surface area contributed by atoms with Gasteiger partial charge in [-0.3, -0.25) is 10.1 Å². The van der Waals surface area contributed by atoms with Gasteiger partial charge in [-0.05, 0) is 18.2 Å². The maximum absolute atomic E-state index is 12.9. The van der Waals surface area contributed by atoms with Gasteiger partial charge in [0, 0.05) is 0 Å². The number of anilines is 1. The molecule has 0 spiro atoms. The van der Waals surface area contributed by atoms with Crippen LogP contribution in [-0.2, 0) is 9.53 Å². The van der Waals surface area contributed by atoms with E-state index in [9.17, 15) is 14.0 Å². The fraction of sp³-hybridized carbons (Fsp3) is 0.154. The van der Waals surface area contributed by atoms with E-state index in [0.717, 1.165) is 17.4 Å². The number of rotatable bonds is 5. The molecule has 1 amide bonds. The number of nitrogens with one attached hydrogen (secondary N) is 1. The molecule has 0 atom stereocenters. The second-order valence-electron chi connectivity index (χ2n) is 3.93. The van der Waals surface area contributed by atoms with Crippen molar-refractivity contribution in [3.8, 4) is 5.75 Å². The number of carbonyl (C=O) groups is 2. The third-order valence-corrected chi connectivity index (χ3v) is 3.58. The van der Waals surface area contributed by atoms with Gasteiger partial charge in [-0.2, -0.15) is 0 Å². The number of methoxy groups -OCH3 is 1. The van der Waals surface area contributed by atoms with E-state index in [0.29, 0.717) is 0 Å².